The van der Waals surface area contributed by atoms with Gasteiger partial charge in [-0.2, -0.15) is 4.31 Å². The highest BCUT2D eigenvalue weighted by molar-refractivity contribution is 7.89. The van der Waals surface area contributed by atoms with Crippen molar-refractivity contribution in [2.45, 2.75) is 18.4 Å². The van der Waals surface area contributed by atoms with E-state index in [0.717, 1.165) is 10.4 Å². The van der Waals surface area contributed by atoms with Crippen LogP contribution in [0.2, 0.25) is 0 Å². The molecule has 0 bridgehead atoms. The van der Waals surface area contributed by atoms with Gasteiger partial charge in [-0.3, -0.25) is 4.79 Å². The van der Waals surface area contributed by atoms with Gasteiger partial charge >= 0.3 is 0 Å². The summed E-state index contributed by atoms with van der Waals surface area (Å²) in [6.07, 6.45) is 0. The molecule has 1 aliphatic rings. The van der Waals surface area contributed by atoms with Crippen LogP contribution in [0.15, 0.2) is 27.8 Å². The molecule has 1 amide bonds. The molecule has 136 valence electrons. The molecule has 0 spiro atoms. The Morgan fingerprint density at radius 2 is 1.92 bits per heavy atom. The summed E-state index contributed by atoms with van der Waals surface area (Å²) in [6, 6.07) is 3.53. The van der Waals surface area contributed by atoms with Gasteiger partial charge in [0.25, 0.3) is 5.91 Å². The topological polar surface area (TPSA) is 66.9 Å². The lowest BCUT2D eigenvalue weighted by Crippen LogP contribution is -2.41. The van der Waals surface area contributed by atoms with Crippen LogP contribution in [0, 0.1) is 6.92 Å². The summed E-state index contributed by atoms with van der Waals surface area (Å²) in [7, 11) is -1.98. The highest BCUT2D eigenvalue weighted by Crippen LogP contribution is 2.28. The van der Waals surface area contributed by atoms with Gasteiger partial charge < -0.3 is 9.64 Å². The molecule has 0 N–H and O–H groups in total. The Hall–Kier alpha value is -1.26. The molecular weight excluding hydrogens is 380 g/mol. The molecule has 25 heavy (non-hydrogen) atoms. The third kappa shape index (κ3) is 3.80. The van der Waals surface area contributed by atoms with Crippen LogP contribution in [-0.4, -0.2) is 56.9 Å². The van der Waals surface area contributed by atoms with E-state index < -0.39 is 10.0 Å². The van der Waals surface area contributed by atoms with Crippen molar-refractivity contribution >= 4 is 38.6 Å². The van der Waals surface area contributed by atoms with Gasteiger partial charge in [0.05, 0.1) is 19.8 Å². The lowest BCUT2D eigenvalue weighted by Gasteiger charge is -2.26. The first-order chi connectivity index (χ1) is 11.9. The van der Waals surface area contributed by atoms with Gasteiger partial charge in [-0.15, -0.1) is 22.7 Å². The maximum absolute atomic E-state index is 12.9. The molecule has 1 fully saturated rings. The maximum atomic E-state index is 12.9. The molecule has 0 aliphatic carbocycles. The highest BCUT2D eigenvalue weighted by atomic mass is 32.2. The lowest BCUT2D eigenvalue weighted by molar-refractivity contribution is 0.0728. The SMILES string of the molecule is Cc1ccsc1CN(C)C(=O)c1sccc1S(=O)(=O)N1CCOCC1. The predicted molar refractivity (Wildman–Crippen MR) is 98.8 cm³/mol. The summed E-state index contributed by atoms with van der Waals surface area (Å²) in [6.45, 7) is 3.86. The largest absolute Gasteiger partial charge is 0.379 e. The van der Waals surface area contributed by atoms with Gasteiger partial charge in [0.15, 0.2) is 0 Å². The van der Waals surface area contributed by atoms with Crippen LogP contribution >= 0.6 is 22.7 Å². The highest BCUT2D eigenvalue weighted by Gasteiger charge is 2.32. The number of carbonyl (C=O) groups is 1. The number of ether oxygens (including phenoxy) is 1. The fourth-order valence-electron chi connectivity index (χ4n) is 2.61. The minimum atomic E-state index is -3.68. The van der Waals surface area contributed by atoms with E-state index in [4.69, 9.17) is 4.74 Å². The maximum Gasteiger partial charge on any atom is 0.265 e. The summed E-state index contributed by atoms with van der Waals surface area (Å²) in [5, 5.41) is 3.65. The van der Waals surface area contributed by atoms with Crippen molar-refractivity contribution in [1.82, 2.24) is 9.21 Å². The molecule has 1 aliphatic heterocycles. The Bertz CT molecular complexity index is 850. The second-order valence-electron chi connectivity index (χ2n) is 5.82. The molecular formula is C16H20N2O4S3. The first-order valence-electron chi connectivity index (χ1n) is 7.85. The van der Waals surface area contributed by atoms with E-state index in [0.29, 0.717) is 32.8 Å². The van der Waals surface area contributed by atoms with Crippen molar-refractivity contribution in [1.29, 1.82) is 0 Å². The molecule has 0 unspecified atom stereocenters. The lowest BCUT2D eigenvalue weighted by atomic mass is 10.3. The number of sulfonamides is 1. The van der Waals surface area contributed by atoms with Gasteiger partial charge in [0.2, 0.25) is 10.0 Å². The van der Waals surface area contributed by atoms with Gasteiger partial charge in [-0.05, 0) is 35.4 Å². The molecule has 1 saturated heterocycles. The minimum Gasteiger partial charge on any atom is -0.379 e. The van der Waals surface area contributed by atoms with Crippen molar-refractivity contribution in [3.63, 3.8) is 0 Å². The third-order valence-electron chi connectivity index (χ3n) is 4.11. The molecule has 3 heterocycles. The summed E-state index contributed by atoms with van der Waals surface area (Å²) in [5.41, 5.74) is 1.14. The zero-order chi connectivity index (χ0) is 18.0. The number of amides is 1. The van der Waals surface area contributed by atoms with Crippen molar-refractivity contribution in [2.24, 2.45) is 0 Å². The molecule has 0 aromatic carbocycles. The quantitative estimate of drug-likeness (QED) is 0.773. The van der Waals surface area contributed by atoms with Crippen molar-refractivity contribution in [3.05, 3.63) is 38.2 Å². The van der Waals surface area contributed by atoms with Crippen LogP contribution in [0.1, 0.15) is 20.1 Å². The van der Waals surface area contributed by atoms with Crippen LogP contribution in [0.5, 0.6) is 0 Å². The van der Waals surface area contributed by atoms with Crippen molar-refractivity contribution < 1.29 is 17.9 Å². The van der Waals surface area contributed by atoms with Gasteiger partial charge in [0.1, 0.15) is 9.77 Å². The van der Waals surface area contributed by atoms with Crippen LogP contribution in [0.25, 0.3) is 0 Å². The van der Waals surface area contributed by atoms with E-state index in [1.165, 1.54) is 21.7 Å². The van der Waals surface area contributed by atoms with Crippen LogP contribution < -0.4 is 0 Å². The second kappa shape index (κ2) is 7.55. The number of rotatable bonds is 5. The van der Waals surface area contributed by atoms with Gasteiger partial charge in [0, 0.05) is 25.0 Å². The predicted octanol–water partition coefficient (Wildman–Crippen LogP) is 2.41. The molecule has 3 rings (SSSR count). The number of hydrogen-bond acceptors (Lipinski definition) is 6. The second-order valence-corrected chi connectivity index (χ2v) is 9.64. The number of thiophene rings is 2. The summed E-state index contributed by atoms with van der Waals surface area (Å²) >= 11 is 2.76. The third-order valence-corrected chi connectivity index (χ3v) is 8.09. The molecule has 9 heteroatoms. The fourth-order valence-corrected chi connectivity index (χ4v) is 6.36. The Balaban J connectivity index is 1.83. The Morgan fingerprint density at radius 1 is 1.24 bits per heavy atom. The van der Waals surface area contributed by atoms with E-state index in [-0.39, 0.29) is 15.7 Å². The Morgan fingerprint density at radius 3 is 2.56 bits per heavy atom. The molecule has 0 saturated carbocycles. The molecule has 2 aromatic rings. The zero-order valence-corrected chi connectivity index (χ0v) is 16.5. The van der Waals surface area contributed by atoms with Gasteiger partial charge in [-0.1, -0.05) is 0 Å². The summed E-state index contributed by atoms with van der Waals surface area (Å²) < 4.78 is 32.4. The normalized spacial score (nSPS) is 16.1. The van der Waals surface area contributed by atoms with Gasteiger partial charge in [-0.25, -0.2) is 8.42 Å². The minimum absolute atomic E-state index is 0.0964. The van der Waals surface area contributed by atoms with E-state index >= 15 is 0 Å². The van der Waals surface area contributed by atoms with Crippen molar-refractivity contribution in [2.75, 3.05) is 33.4 Å². The van der Waals surface area contributed by atoms with E-state index in [1.807, 2.05) is 18.4 Å². The smallest absolute Gasteiger partial charge is 0.265 e. The summed E-state index contributed by atoms with van der Waals surface area (Å²) in [5.74, 6) is -0.269. The summed E-state index contributed by atoms with van der Waals surface area (Å²) in [4.78, 5) is 15.9. The number of morpholine rings is 1. The molecule has 0 radical (unpaired) electrons. The van der Waals surface area contributed by atoms with Crippen LogP contribution in [0.4, 0.5) is 0 Å². The molecule has 0 atom stereocenters. The molecule has 2 aromatic heterocycles. The first-order valence-corrected chi connectivity index (χ1v) is 11.0. The Kier molecular flexibility index (Phi) is 5.59. The van der Waals surface area contributed by atoms with Crippen LogP contribution in [0.3, 0.4) is 0 Å². The number of nitrogens with zero attached hydrogens (tertiary/aromatic N) is 2. The number of hydrogen-bond donors (Lipinski definition) is 0. The van der Waals surface area contributed by atoms with Crippen LogP contribution in [-0.2, 0) is 21.3 Å². The standard InChI is InChI=1S/C16H20N2O4S3/c1-12-3-9-23-13(12)11-17(2)16(19)15-14(4-10-24-15)25(20,21)18-5-7-22-8-6-18/h3-4,9-10H,5-8,11H2,1-2H3. The van der Waals surface area contributed by atoms with E-state index in [2.05, 4.69) is 0 Å². The number of carbonyl (C=O) groups excluding carboxylic acids is 1. The van der Waals surface area contributed by atoms with E-state index in [1.54, 1.807) is 28.7 Å². The molecule has 6 nitrogen and oxygen atoms in total. The average Bonchev–Trinajstić information content (AvgIpc) is 3.25. The average molecular weight is 401 g/mol. The van der Waals surface area contributed by atoms with E-state index in [9.17, 15) is 13.2 Å². The van der Waals surface area contributed by atoms with Crippen molar-refractivity contribution in [3.8, 4) is 0 Å². The monoisotopic (exact) mass is 400 g/mol. The fraction of sp³-hybridized carbons (Fsp3) is 0.438. The number of aryl methyl sites for hydroxylation is 1. The zero-order valence-electron chi connectivity index (χ0n) is 14.1. The first kappa shape index (κ1) is 18.5. The Labute approximate surface area is 155 Å².